The van der Waals surface area contributed by atoms with Gasteiger partial charge in [-0.1, -0.05) is 12.1 Å². The van der Waals surface area contributed by atoms with Crippen LogP contribution >= 0.6 is 0 Å². The third kappa shape index (κ3) is 4.52. The monoisotopic (exact) mass is 493 g/mol. The Labute approximate surface area is 212 Å². The lowest BCUT2D eigenvalue weighted by molar-refractivity contribution is 0.261. The van der Waals surface area contributed by atoms with Crippen molar-refractivity contribution in [3.8, 4) is 39.5 Å². The van der Waals surface area contributed by atoms with Crippen LogP contribution in [0, 0.1) is 5.82 Å². The number of aromatic nitrogens is 6. The molecule has 2 N–H and O–H groups in total. The number of benzene rings is 1. The van der Waals surface area contributed by atoms with Crippen LogP contribution in [0.2, 0.25) is 0 Å². The summed E-state index contributed by atoms with van der Waals surface area (Å²) in [5.74, 6) is 0.428. The summed E-state index contributed by atoms with van der Waals surface area (Å²) in [7, 11) is 4.01. The Morgan fingerprint density at radius 3 is 2.54 bits per heavy atom. The average molecular weight is 494 g/mol. The molecule has 6 rings (SSSR count). The maximum absolute atomic E-state index is 13.5. The molecule has 0 aliphatic carbocycles. The molecule has 0 unspecified atom stereocenters. The molecule has 184 valence electrons. The summed E-state index contributed by atoms with van der Waals surface area (Å²) < 4.78 is 19.3. The van der Waals surface area contributed by atoms with Crippen LogP contribution in [0.25, 0.3) is 55.6 Å². The van der Waals surface area contributed by atoms with Gasteiger partial charge in [-0.15, -0.1) is 0 Å². The Hall–Kier alpha value is -4.63. The van der Waals surface area contributed by atoms with Gasteiger partial charge in [-0.05, 0) is 50.0 Å². The Morgan fingerprint density at radius 2 is 1.70 bits per heavy atom. The van der Waals surface area contributed by atoms with Crippen LogP contribution < -0.4 is 4.74 Å². The number of likely N-dealkylation sites (N-methyl/N-ethyl adjacent to an activating group) is 1. The predicted octanol–water partition coefficient (Wildman–Crippen LogP) is 5.31. The lowest BCUT2D eigenvalue weighted by atomic mass is 10.0. The van der Waals surface area contributed by atoms with Crippen LogP contribution in [-0.2, 0) is 0 Å². The molecular formula is C28H24FN7O. The first-order valence-corrected chi connectivity index (χ1v) is 11.9. The highest BCUT2D eigenvalue weighted by Crippen LogP contribution is 2.34. The molecule has 0 saturated heterocycles. The molecule has 6 aromatic rings. The van der Waals surface area contributed by atoms with Gasteiger partial charge in [0, 0.05) is 40.8 Å². The molecule has 0 atom stereocenters. The second kappa shape index (κ2) is 9.44. The van der Waals surface area contributed by atoms with Crippen LogP contribution in [0.4, 0.5) is 4.39 Å². The summed E-state index contributed by atoms with van der Waals surface area (Å²) in [6.45, 7) is 1.39. The number of hydrogen-bond donors (Lipinski definition) is 2. The van der Waals surface area contributed by atoms with Crippen LogP contribution in [0.5, 0.6) is 5.75 Å². The third-order valence-corrected chi connectivity index (χ3v) is 6.22. The van der Waals surface area contributed by atoms with E-state index in [4.69, 9.17) is 4.74 Å². The summed E-state index contributed by atoms with van der Waals surface area (Å²) >= 11 is 0. The fourth-order valence-corrected chi connectivity index (χ4v) is 4.30. The second-order valence-electron chi connectivity index (χ2n) is 9.09. The number of nitrogens with zero attached hydrogens (tertiary/aromatic N) is 5. The van der Waals surface area contributed by atoms with E-state index in [9.17, 15) is 4.39 Å². The van der Waals surface area contributed by atoms with Crippen molar-refractivity contribution in [1.29, 1.82) is 0 Å². The Morgan fingerprint density at radius 1 is 0.865 bits per heavy atom. The van der Waals surface area contributed by atoms with Crippen molar-refractivity contribution in [2.75, 3.05) is 27.2 Å². The number of H-pyrrole nitrogens is 2. The smallest absolute Gasteiger partial charge is 0.138 e. The first-order chi connectivity index (χ1) is 18.0. The minimum atomic E-state index is -0.271. The van der Waals surface area contributed by atoms with E-state index in [1.165, 1.54) is 12.1 Å². The largest absolute Gasteiger partial charge is 0.491 e. The number of nitrogens with one attached hydrogen (secondary N) is 2. The second-order valence-corrected chi connectivity index (χ2v) is 9.09. The Balaban J connectivity index is 1.37. The molecule has 8 nitrogen and oxygen atoms in total. The zero-order valence-electron chi connectivity index (χ0n) is 20.4. The van der Waals surface area contributed by atoms with Crippen molar-refractivity contribution in [3.05, 3.63) is 79.3 Å². The molecule has 5 heterocycles. The molecule has 0 spiro atoms. The van der Waals surface area contributed by atoms with Gasteiger partial charge in [0.15, 0.2) is 0 Å². The van der Waals surface area contributed by atoms with Crippen molar-refractivity contribution >= 4 is 21.8 Å². The standard InChI is InChI=1S/C28H24FN7O/c1-36(2)7-8-37-20-9-18(12-30-13-20)24-11-22-27(16-32-24)34-35-28(22)25-10-21-23(14-31-15-26(21)33-25)17-3-5-19(29)6-4-17/h3-6,9-16,33H,7-8H2,1-2H3,(H,34,35). The van der Waals surface area contributed by atoms with E-state index >= 15 is 0 Å². The van der Waals surface area contributed by atoms with Crippen LogP contribution in [0.1, 0.15) is 0 Å². The van der Waals surface area contributed by atoms with Crippen LogP contribution in [0.3, 0.4) is 0 Å². The highest BCUT2D eigenvalue weighted by Gasteiger charge is 2.15. The average Bonchev–Trinajstić information content (AvgIpc) is 3.53. The van der Waals surface area contributed by atoms with E-state index in [0.29, 0.717) is 12.4 Å². The molecule has 0 radical (unpaired) electrons. The van der Waals surface area contributed by atoms with Gasteiger partial charge in [0.25, 0.3) is 0 Å². The van der Waals surface area contributed by atoms with Gasteiger partial charge in [-0.25, -0.2) is 4.39 Å². The highest BCUT2D eigenvalue weighted by molar-refractivity contribution is 6.01. The lowest BCUT2D eigenvalue weighted by Gasteiger charge is -2.11. The van der Waals surface area contributed by atoms with Gasteiger partial charge in [0.1, 0.15) is 23.9 Å². The van der Waals surface area contributed by atoms with E-state index in [-0.39, 0.29) is 5.82 Å². The highest BCUT2D eigenvalue weighted by atomic mass is 19.1. The minimum absolute atomic E-state index is 0.271. The molecule has 0 aliphatic rings. The first-order valence-electron chi connectivity index (χ1n) is 11.9. The topological polar surface area (TPSA) is 95.6 Å². The molecule has 5 aromatic heterocycles. The van der Waals surface area contributed by atoms with Crippen molar-refractivity contribution in [1.82, 2.24) is 35.0 Å². The number of pyridine rings is 3. The normalized spacial score (nSPS) is 11.6. The van der Waals surface area contributed by atoms with Gasteiger partial charge in [0.05, 0.1) is 41.0 Å². The molecule has 0 fully saturated rings. The lowest BCUT2D eigenvalue weighted by Crippen LogP contribution is -2.19. The van der Waals surface area contributed by atoms with Crippen molar-refractivity contribution in [3.63, 3.8) is 0 Å². The summed E-state index contributed by atoms with van der Waals surface area (Å²) in [5, 5.41) is 9.55. The van der Waals surface area contributed by atoms with Gasteiger partial charge in [-0.2, -0.15) is 5.10 Å². The number of ether oxygens (including phenoxy) is 1. The summed E-state index contributed by atoms with van der Waals surface area (Å²) in [6, 6.07) is 12.4. The Bertz CT molecular complexity index is 1710. The SMILES string of the molecule is CN(C)CCOc1cncc(-c2cc3c(-c4cc5c(-c6ccc(F)cc6)cncc5[nH]4)n[nH]c3cn2)c1. The van der Waals surface area contributed by atoms with Crippen molar-refractivity contribution in [2.45, 2.75) is 0 Å². The predicted molar refractivity (Wildman–Crippen MR) is 142 cm³/mol. The summed E-state index contributed by atoms with van der Waals surface area (Å²) in [5.41, 5.74) is 6.74. The molecule has 1 aromatic carbocycles. The maximum Gasteiger partial charge on any atom is 0.138 e. The quantitative estimate of drug-likeness (QED) is 0.313. The zero-order valence-corrected chi connectivity index (χ0v) is 20.4. The zero-order chi connectivity index (χ0) is 25.4. The Kier molecular flexibility index (Phi) is 5.82. The molecule has 9 heteroatoms. The van der Waals surface area contributed by atoms with E-state index < -0.39 is 0 Å². The fraction of sp³-hybridized carbons (Fsp3) is 0.143. The maximum atomic E-state index is 13.5. The molecule has 0 bridgehead atoms. The van der Waals surface area contributed by atoms with Gasteiger partial charge in [0.2, 0.25) is 0 Å². The van der Waals surface area contributed by atoms with E-state index in [1.807, 2.05) is 32.3 Å². The number of halogens is 1. The van der Waals surface area contributed by atoms with Crippen molar-refractivity contribution < 1.29 is 9.13 Å². The van der Waals surface area contributed by atoms with Gasteiger partial charge < -0.3 is 14.6 Å². The number of hydrogen-bond acceptors (Lipinski definition) is 6. The number of rotatable bonds is 7. The first kappa shape index (κ1) is 22.8. The molecule has 37 heavy (non-hydrogen) atoms. The number of fused-ring (bicyclic) bond motifs is 2. The molecular weight excluding hydrogens is 469 g/mol. The number of aromatic amines is 2. The van der Waals surface area contributed by atoms with Gasteiger partial charge in [-0.3, -0.25) is 20.1 Å². The fourth-order valence-electron chi connectivity index (χ4n) is 4.30. The summed E-state index contributed by atoms with van der Waals surface area (Å²) in [6.07, 6.45) is 8.82. The van der Waals surface area contributed by atoms with E-state index in [0.717, 1.165) is 62.1 Å². The minimum Gasteiger partial charge on any atom is -0.491 e. The molecule has 0 amide bonds. The van der Waals surface area contributed by atoms with Crippen LogP contribution in [0.15, 0.2) is 73.4 Å². The van der Waals surface area contributed by atoms with Crippen LogP contribution in [-0.4, -0.2) is 62.3 Å². The molecule has 0 aliphatic heterocycles. The van der Waals surface area contributed by atoms with Gasteiger partial charge >= 0.3 is 0 Å². The third-order valence-electron chi connectivity index (χ3n) is 6.22. The summed E-state index contributed by atoms with van der Waals surface area (Å²) in [4.78, 5) is 18.8. The molecule has 0 saturated carbocycles. The van der Waals surface area contributed by atoms with E-state index in [2.05, 4.69) is 35.0 Å². The van der Waals surface area contributed by atoms with Crippen molar-refractivity contribution in [2.24, 2.45) is 0 Å². The van der Waals surface area contributed by atoms with E-state index in [1.54, 1.807) is 43.1 Å².